The Morgan fingerprint density at radius 2 is 2.60 bits per heavy atom. The number of allylic oxidation sites excluding steroid dienone is 1. The Bertz CT molecular complexity index is 24.8. The van der Waals surface area contributed by atoms with Gasteiger partial charge in [0.25, 0.3) is 0 Å². The van der Waals surface area contributed by atoms with E-state index in [2.05, 4.69) is 12.5 Å². The Kier molecular flexibility index (Phi) is 4.43. The van der Waals surface area contributed by atoms with Crippen LogP contribution in [0.2, 0.25) is 11.3 Å². The molecule has 0 unspecified atom stereocenters. The van der Waals surface area contributed by atoms with Gasteiger partial charge >= 0.3 is 38.4 Å². The molecule has 34 valence electrons. The summed E-state index contributed by atoms with van der Waals surface area (Å²) in [7, 11) is 0. The molecule has 0 nitrogen and oxygen atoms in total. The van der Waals surface area contributed by atoms with Crippen LogP contribution in [0.1, 0.15) is 0 Å². The summed E-state index contributed by atoms with van der Waals surface area (Å²) in [6, 6.07) is 0. The molecule has 0 spiro atoms. The summed E-state index contributed by atoms with van der Waals surface area (Å²) in [6.07, 6.45) is 1.90. The van der Waals surface area contributed by atoms with Gasteiger partial charge in [-0.05, 0) is 0 Å². The van der Waals surface area contributed by atoms with E-state index in [1.165, 1.54) is 0 Å². The summed E-state index contributed by atoms with van der Waals surface area (Å²) in [4.78, 5) is 0. The van der Waals surface area contributed by atoms with Crippen LogP contribution in [-0.2, 0) is 14.4 Å². The molecular formula is C4H8Ni. The van der Waals surface area contributed by atoms with E-state index in [4.69, 9.17) is 0 Å². The van der Waals surface area contributed by atoms with Crippen molar-refractivity contribution in [3.8, 4) is 0 Å². The summed E-state index contributed by atoms with van der Waals surface area (Å²) in [5, 5.41) is 1.09. The van der Waals surface area contributed by atoms with Gasteiger partial charge in [-0.3, -0.25) is 0 Å². The van der Waals surface area contributed by atoms with Crippen molar-refractivity contribution in [3.63, 3.8) is 0 Å². The van der Waals surface area contributed by atoms with Crippen molar-refractivity contribution >= 4 is 0 Å². The second-order valence-corrected chi connectivity index (χ2v) is 1.74. The van der Waals surface area contributed by atoms with Gasteiger partial charge in [-0.15, -0.1) is 0 Å². The van der Waals surface area contributed by atoms with Gasteiger partial charge in [-0.2, -0.15) is 0 Å². The van der Waals surface area contributed by atoms with E-state index < -0.39 is 0 Å². The van der Waals surface area contributed by atoms with E-state index in [1.807, 2.05) is 6.08 Å². The van der Waals surface area contributed by atoms with Gasteiger partial charge in [-0.1, -0.05) is 0 Å². The quantitative estimate of drug-likeness (QED) is 0.379. The first kappa shape index (κ1) is 5.23. The van der Waals surface area contributed by atoms with Crippen LogP contribution >= 0.6 is 0 Å². The van der Waals surface area contributed by atoms with Crippen molar-refractivity contribution in [2.45, 2.75) is 11.3 Å². The topological polar surface area (TPSA) is 0 Å². The molecule has 0 aliphatic carbocycles. The van der Waals surface area contributed by atoms with Crippen LogP contribution in [0.4, 0.5) is 0 Å². The Hall–Kier alpha value is 0.234. The second-order valence-electron chi connectivity index (χ2n) is 0.641. The van der Waals surface area contributed by atoms with Gasteiger partial charge in [0.1, 0.15) is 0 Å². The molecule has 0 bridgehead atoms. The van der Waals surface area contributed by atoms with E-state index >= 15 is 0 Å². The Morgan fingerprint density at radius 1 is 2.00 bits per heavy atom. The molecule has 0 atom stereocenters. The maximum absolute atomic E-state index is 3.53. The number of hydrogen-bond donors (Lipinski definition) is 0. The minimum absolute atomic E-state index is 1.09. The Labute approximate surface area is 39.1 Å². The van der Waals surface area contributed by atoms with Crippen molar-refractivity contribution < 1.29 is 14.4 Å². The van der Waals surface area contributed by atoms with Gasteiger partial charge in [0.2, 0.25) is 0 Å². The van der Waals surface area contributed by atoms with Gasteiger partial charge in [-0.25, -0.2) is 0 Å². The first-order valence-corrected chi connectivity index (χ1v) is 3.04. The molecule has 0 fully saturated rings. The van der Waals surface area contributed by atoms with Crippen LogP contribution in [0.15, 0.2) is 12.7 Å². The molecule has 0 aliphatic heterocycles. The molecule has 0 rings (SSSR count). The fraction of sp³-hybridized carbons (Fsp3) is 0.500. The zero-order valence-electron chi connectivity index (χ0n) is 3.31. The summed E-state index contributed by atoms with van der Waals surface area (Å²) in [6.45, 7) is 3.53. The molecule has 0 N–H and O–H groups in total. The molecule has 0 saturated heterocycles. The van der Waals surface area contributed by atoms with Gasteiger partial charge in [0, 0.05) is 0 Å². The third kappa shape index (κ3) is 4.23. The summed E-state index contributed by atoms with van der Waals surface area (Å²) < 4.78 is 0. The predicted molar refractivity (Wildman–Crippen MR) is 20.9 cm³/mol. The molecule has 0 aromatic carbocycles. The van der Waals surface area contributed by atoms with E-state index in [0.717, 1.165) is 5.39 Å². The van der Waals surface area contributed by atoms with Crippen molar-refractivity contribution in [1.29, 1.82) is 0 Å². The van der Waals surface area contributed by atoms with Gasteiger partial charge in [0.05, 0.1) is 0 Å². The van der Waals surface area contributed by atoms with Crippen LogP contribution < -0.4 is 0 Å². The van der Waals surface area contributed by atoms with E-state index in [9.17, 15) is 0 Å². The molecule has 1 heteroatoms. The molecule has 0 aliphatic rings. The summed E-state index contributed by atoms with van der Waals surface area (Å²) in [5.41, 5.74) is 0. The fourth-order valence-corrected chi connectivity index (χ4v) is 0.376. The van der Waals surface area contributed by atoms with E-state index in [-0.39, 0.29) is 0 Å². The van der Waals surface area contributed by atoms with E-state index in [0.29, 0.717) is 0 Å². The SMILES string of the molecule is C=C[CH2][Ni][CH3]. The van der Waals surface area contributed by atoms with Crippen molar-refractivity contribution in [3.05, 3.63) is 12.7 Å². The number of hydrogen-bond acceptors (Lipinski definition) is 0. The monoisotopic (exact) mass is 114 g/mol. The van der Waals surface area contributed by atoms with Crippen LogP contribution in [0, 0.1) is 0 Å². The predicted octanol–water partition coefficient (Wildman–Crippen LogP) is 1.72. The molecule has 0 amide bonds. The first-order chi connectivity index (χ1) is 2.41. The fourth-order valence-electron chi connectivity index (χ4n) is 0.0913. The maximum atomic E-state index is 3.53. The van der Waals surface area contributed by atoms with Crippen molar-refractivity contribution in [2.75, 3.05) is 0 Å². The van der Waals surface area contributed by atoms with Crippen LogP contribution in [0.3, 0.4) is 0 Å². The Morgan fingerprint density at radius 3 is 2.60 bits per heavy atom. The molecule has 0 aromatic rings. The molecular weight excluding hydrogens is 107 g/mol. The van der Waals surface area contributed by atoms with Crippen molar-refractivity contribution in [1.82, 2.24) is 0 Å². The number of rotatable bonds is 2. The van der Waals surface area contributed by atoms with Crippen LogP contribution in [-0.4, -0.2) is 0 Å². The van der Waals surface area contributed by atoms with Crippen molar-refractivity contribution in [2.24, 2.45) is 0 Å². The molecule has 5 heavy (non-hydrogen) atoms. The molecule has 0 radical (unpaired) electrons. The Balaban J connectivity index is 2.40. The normalized spacial score (nSPS) is 8.20. The molecule has 0 aromatic heterocycles. The molecule has 0 heterocycles. The average molecular weight is 115 g/mol. The summed E-state index contributed by atoms with van der Waals surface area (Å²) in [5.74, 6) is 2.08. The van der Waals surface area contributed by atoms with Crippen LogP contribution in [0.5, 0.6) is 0 Å². The zero-order valence-corrected chi connectivity index (χ0v) is 4.30. The van der Waals surface area contributed by atoms with Gasteiger partial charge < -0.3 is 0 Å². The summed E-state index contributed by atoms with van der Waals surface area (Å²) >= 11 is 1.64. The first-order valence-electron chi connectivity index (χ1n) is 1.36. The van der Waals surface area contributed by atoms with Gasteiger partial charge in [0.15, 0.2) is 0 Å². The molecule has 0 saturated carbocycles. The third-order valence-corrected chi connectivity index (χ3v) is 0.909. The van der Waals surface area contributed by atoms with Crippen LogP contribution in [0.25, 0.3) is 0 Å². The second kappa shape index (κ2) is 4.23. The van der Waals surface area contributed by atoms with E-state index in [1.54, 1.807) is 14.4 Å². The minimum atomic E-state index is 1.09. The third-order valence-electron chi connectivity index (χ3n) is 0.220. The standard InChI is InChI=1S/C3H5.CH3.Ni/c1-3-2;;/h3H,1-2H2;1H3;. The zero-order chi connectivity index (χ0) is 4.12. The average Bonchev–Trinajstić information content (AvgIpc) is 1.41.